The Morgan fingerprint density at radius 2 is 0.500 bits per heavy atom. The molecule has 0 aromatic heterocycles. The predicted octanol–water partition coefficient (Wildman–Crippen LogP) is -0.0100. The fourth-order valence-corrected chi connectivity index (χ4v) is 0. The Kier molecular flexibility index (Phi) is 158. The summed E-state index contributed by atoms with van der Waals surface area (Å²) >= 11 is 0. The summed E-state index contributed by atoms with van der Waals surface area (Å²) in [5.41, 5.74) is 0. The number of hydrogen-bond acceptors (Lipinski definition) is 0. The van der Waals surface area contributed by atoms with E-state index >= 15 is 0 Å². The van der Waals surface area contributed by atoms with Crippen molar-refractivity contribution in [2.24, 2.45) is 0 Å². The summed E-state index contributed by atoms with van der Waals surface area (Å²) in [5.74, 6) is 0. The first kappa shape index (κ1) is 33.9. The van der Waals surface area contributed by atoms with E-state index in [1.54, 1.807) is 0 Å². The Balaban J connectivity index is 0. The molecule has 0 rings (SSSR count). The third-order valence-corrected chi connectivity index (χ3v) is 0. The molecule has 0 fully saturated rings. The van der Waals surface area contributed by atoms with Gasteiger partial charge in [0.15, 0.2) is 0 Å². The van der Waals surface area contributed by atoms with E-state index in [-0.39, 0.29) is 72.7 Å². The monoisotopic (exact) mass is 358 g/mol. The van der Waals surface area contributed by atoms with Gasteiger partial charge in [-0.05, 0) is 0 Å². The minimum Gasteiger partial charge on any atom is 0 e. The van der Waals surface area contributed by atoms with Crippen LogP contribution in [0.25, 0.3) is 0 Å². The molecule has 0 saturated heterocycles. The zero-order valence-electron chi connectivity index (χ0n) is 1.45. The van der Waals surface area contributed by atoms with Gasteiger partial charge in [0.25, 0.3) is 0 Å². The van der Waals surface area contributed by atoms with Crippen molar-refractivity contribution >= 4 is 0 Å². The zero-order chi connectivity index (χ0) is 0. The van der Waals surface area contributed by atoms with Gasteiger partial charge in [-0.25, -0.2) is 0 Å². The van der Waals surface area contributed by atoms with Crippen LogP contribution in [-0.4, -0.2) is 0 Å². The standard InChI is InChI=1S/3Co.Ta. The third kappa shape index (κ3) is 8.86. The van der Waals surface area contributed by atoms with Gasteiger partial charge in [0, 0.05) is 72.7 Å². The van der Waals surface area contributed by atoms with Gasteiger partial charge in [0.2, 0.25) is 0 Å². The van der Waals surface area contributed by atoms with Crippen molar-refractivity contribution < 1.29 is 72.7 Å². The minimum atomic E-state index is 0. The second kappa shape index (κ2) is 18.7. The van der Waals surface area contributed by atoms with E-state index in [9.17, 15) is 0 Å². The quantitative estimate of drug-likeness (QED) is 0.572. The van der Waals surface area contributed by atoms with Crippen molar-refractivity contribution in [2.45, 2.75) is 0 Å². The molecule has 0 N–H and O–H groups in total. The van der Waals surface area contributed by atoms with Gasteiger partial charge < -0.3 is 0 Å². The van der Waals surface area contributed by atoms with E-state index in [0.29, 0.717) is 0 Å². The molecule has 0 bridgehead atoms. The third-order valence-electron chi connectivity index (χ3n) is 0. The van der Waals surface area contributed by atoms with Crippen LogP contribution >= 0.6 is 0 Å². The molecule has 0 aromatic carbocycles. The second-order valence-corrected chi connectivity index (χ2v) is 0. The SMILES string of the molecule is [Co].[Co].[Co].[Ta]. The average Bonchev–Trinajstić information content (AvgIpc) is 0. The molecule has 32 valence electrons. The molecule has 0 aliphatic heterocycles. The van der Waals surface area contributed by atoms with Crippen LogP contribution in [0.1, 0.15) is 0 Å². The van der Waals surface area contributed by atoms with Crippen LogP contribution in [0.15, 0.2) is 0 Å². The summed E-state index contributed by atoms with van der Waals surface area (Å²) in [6.45, 7) is 0. The van der Waals surface area contributed by atoms with Gasteiger partial charge in [-0.3, -0.25) is 0 Å². The first-order chi connectivity index (χ1) is 0. The number of rotatable bonds is 0. The molecule has 0 amide bonds. The van der Waals surface area contributed by atoms with Crippen LogP contribution in [0.5, 0.6) is 0 Å². The van der Waals surface area contributed by atoms with E-state index in [2.05, 4.69) is 0 Å². The average molecular weight is 358 g/mol. The van der Waals surface area contributed by atoms with Crippen LogP contribution in [0, 0.1) is 0 Å². The summed E-state index contributed by atoms with van der Waals surface area (Å²) in [4.78, 5) is 0. The Morgan fingerprint density at radius 3 is 0.500 bits per heavy atom. The smallest absolute Gasteiger partial charge is 0 e. The molecule has 0 aliphatic carbocycles. The molecule has 0 nitrogen and oxygen atoms in total. The van der Waals surface area contributed by atoms with Crippen LogP contribution < -0.4 is 0 Å². The molecule has 0 spiro atoms. The Bertz CT molecular complexity index is 3.25. The molecule has 0 saturated carbocycles. The van der Waals surface area contributed by atoms with Gasteiger partial charge in [-0.2, -0.15) is 0 Å². The Hall–Kier alpha value is 2.26. The molecule has 4 heteroatoms. The van der Waals surface area contributed by atoms with Crippen molar-refractivity contribution in [2.75, 3.05) is 0 Å². The van der Waals surface area contributed by atoms with Crippen molar-refractivity contribution in [3.05, 3.63) is 0 Å². The molecule has 0 unspecified atom stereocenters. The fourth-order valence-electron chi connectivity index (χ4n) is 0. The summed E-state index contributed by atoms with van der Waals surface area (Å²) in [7, 11) is 0. The van der Waals surface area contributed by atoms with Crippen LogP contribution in [0.4, 0.5) is 0 Å². The normalized spacial score (nSPS) is 0. The van der Waals surface area contributed by atoms with E-state index in [1.165, 1.54) is 0 Å². The summed E-state index contributed by atoms with van der Waals surface area (Å²) in [6.07, 6.45) is 0. The molecule has 4 radical (unpaired) electrons. The first-order valence-electron chi connectivity index (χ1n) is 0. The van der Waals surface area contributed by atoms with E-state index in [0.717, 1.165) is 0 Å². The van der Waals surface area contributed by atoms with Crippen LogP contribution in [0.3, 0.4) is 0 Å². The zero-order valence-corrected chi connectivity index (χ0v) is 7.78. The molecule has 0 atom stereocenters. The van der Waals surface area contributed by atoms with Crippen LogP contribution in [-0.2, 0) is 72.7 Å². The summed E-state index contributed by atoms with van der Waals surface area (Å²) < 4.78 is 0. The molecule has 4 heavy (non-hydrogen) atoms. The molecule has 0 aromatic rings. The van der Waals surface area contributed by atoms with Gasteiger partial charge in [0.1, 0.15) is 0 Å². The van der Waals surface area contributed by atoms with Gasteiger partial charge in [-0.15, -0.1) is 0 Å². The van der Waals surface area contributed by atoms with Gasteiger partial charge in [-0.1, -0.05) is 0 Å². The van der Waals surface area contributed by atoms with E-state index in [1.807, 2.05) is 0 Å². The van der Waals surface area contributed by atoms with E-state index in [4.69, 9.17) is 0 Å². The maximum Gasteiger partial charge on any atom is 0 e. The molecule has 0 heterocycles. The molecular formula is Co3Ta. The van der Waals surface area contributed by atoms with Crippen molar-refractivity contribution in [3.8, 4) is 0 Å². The van der Waals surface area contributed by atoms with Crippen molar-refractivity contribution in [1.82, 2.24) is 0 Å². The van der Waals surface area contributed by atoms with Gasteiger partial charge in [0.05, 0.1) is 0 Å². The first-order valence-corrected chi connectivity index (χ1v) is 0. The van der Waals surface area contributed by atoms with Gasteiger partial charge >= 0.3 is 0 Å². The van der Waals surface area contributed by atoms with E-state index < -0.39 is 0 Å². The van der Waals surface area contributed by atoms with Crippen molar-refractivity contribution in [3.63, 3.8) is 0 Å². The molecular weight excluding hydrogens is 358 g/mol. The fraction of sp³-hybridized carbons (Fsp3) is 0. The van der Waals surface area contributed by atoms with Crippen molar-refractivity contribution in [1.29, 1.82) is 0 Å². The number of hydrogen-bond donors (Lipinski definition) is 0. The maximum absolute atomic E-state index is 0. The second-order valence-electron chi connectivity index (χ2n) is 0. The Morgan fingerprint density at radius 1 is 0.500 bits per heavy atom. The van der Waals surface area contributed by atoms with Crippen LogP contribution in [0.2, 0.25) is 0 Å². The Labute approximate surface area is 72.0 Å². The predicted molar refractivity (Wildman–Crippen MR) is 0 cm³/mol. The molecule has 0 aliphatic rings. The maximum atomic E-state index is 0. The topological polar surface area (TPSA) is 0 Å². The minimum absolute atomic E-state index is 0. The largest absolute Gasteiger partial charge is 0 e. The summed E-state index contributed by atoms with van der Waals surface area (Å²) in [5, 5.41) is 0. The summed E-state index contributed by atoms with van der Waals surface area (Å²) in [6, 6.07) is 0.